The summed E-state index contributed by atoms with van der Waals surface area (Å²) in [5.41, 5.74) is -0.124. The van der Waals surface area contributed by atoms with Crippen molar-refractivity contribution < 1.29 is 10.2 Å². The second kappa shape index (κ2) is 2.99. The highest BCUT2D eigenvalue weighted by Crippen LogP contribution is 2.41. The van der Waals surface area contributed by atoms with Crippen molar-refractivity contribution in [2.24, 2.45) is 5.18 Å². The summed E-state index contributed by atoms with van der Waals surface area (Å²) < 4.78 is 0. The fourth-order valence-corrected chi connectivity index (χ4v) is 1.40. The first-order chi connectivity index (χ1) is 6.74. The lowest BCUT2D eigenvalue weighted by atomic mass is 10.1. The van der Waals surface area contributed by atoms with Gasteiger partial charge in [-0.25, -0.2) is 0 Å². The summed E-state index contributed by atoms with van der Waals surface area (Å²) in [4.78, 5) is 10.5. The molecule has 0 amide bonds. The first kappa shape index (κ1) is 8.50. The minimum Gasteiger partial charge on any atom is -0.504 e. The van der Waals surface area contributed by atoms with Gasteiger partial charge in [0.05, 0.1) is 0 Å². The van der Waals surface area contributed by atoms with E-state index in [1.165, 1.54) is 6.07 Å². The molecule has 0 bridgehead atoms. The fourth-order valence-electron chi connectivity index (χ4n) is 1.40. The minimum absolute atomic E-state index is 0.124. The Balaban J connectivity index is 2.96. The number of fused-ring (bicyclic) bond motifs is 1. The zero-order valence-electron chi connectivity index (χ0n) is 7.14. The molecular weight excluding hydrogens is 182 g/mol. The van der Waals surface area contributed by atoms with Crippen LogP contribution in [0.25, 0.3) is 10.8 Å². The smallest absolute Gasteiger partial charge is 0.188 e. The summed E-state index contributed by atoms with van der Waals surface area (Å²) in [5, 5.41) is 22.5. The molecule has 2 N–H and O–H groups in total. The number of phenolic OH excluding ortho intramolecular Hbond substituents is 2. The number of rotatable bonds is 1. The van der Waals surface area contributed by atoms with Gasteiger partial charge in [0.25, 0.3) is 0 Å². The summed E-state index contributed by atoms with van der Waals surface area (Å²) in [6, 6.07) is 8.27. The average molecular weight is 189 g/mol. The van der Waals surface area contributed by atoms with E-state index >= 15 is 0 Å². The summed E-state index contributed by atoms with van der Waals surface area (Å²) in [7, 11) is 0. The van der Waals surface area contributed by atoms with Gasteiger partial charge in [-0.1, -0.05) is 24.3 Å². The number of nitroso groups, excluding NO2 is 1. The third-order valence-corrected chi connectivity index (χ3v) is 2.07. The van der Waals surface area contributed by atoms with E-state index in [1.54, 1.807) is 24.3 Å². The zero-order chi connectivity index (χ0) is 10.1. The first-order valence-corrected chi connectivity index (χ1v) is 4.01. The predicted molar refractivity (Wildman–Crippen MR) is 52.7 cm³/mol. The number of benzene rings is 2. The molecule has 0 radical (unpaired) electrons. The molecule has 0 aromatic heterocycles. The Morgan fingerprint density at radius 2 is 1.86 bits per heavy atom. The molecule has 0 spiro atoms. The van der Waals surface area contributed by atoms with E-state index < -0.39 is 5.75 Å². The van der Waals surface area contributed by atoms with Gasteiger partial charge in [0.1, 0.15) is 0 Å². The number of aromatic hydroxyl groups is 2. The summed E-state index contributed by atoms with van der Waals surface area (Å²) >= 11 is 0. The molecule has 2 rings (SSSR count). The second-order valence-corrected chi connectivity index (χ2v) is 2.91. The highest BCUT2D eigenvalue weighted by Gasteiger charge is 2.11. The van der Waals surface area contributed by atoms with E-state index in [0.717, 1.165) is 0 Å². The van der Waals surface area contributed by atoms with Crippen molar-refractivity contribution in [1.29, 1.82) is 0 Å². The Morgan fingerprint density at radius 3 is 2.57 bits per heavy atom. The molecule has 0 aliphatic carbocycles. The Morgan fingerprint density at radius 1 is 1.14 bits per heavy atom. The van der Waals surface area contributed by atoms with Gasteiger partial charge in [-0.05, 0) is 16.6 Å². The lowest BCUT2D eigenvalue weighted by Gasteiger charge is -2.03. The molecule has 0 unspecified atom stereocenters. The van der Waals surface area contributed by atoms with Gasteiger partial charge in [0.15, 0.2) is 17.2 Å². The van der Waals surface area contributed by atoms with Crippen LogP contribution in [0, 0.1) is 4.91 Å². The van der Waals surface area contributed by atoms with Crippen LogP contribution in [-0.4, -0.2) is 10.2 Å². The number of phenols is 2. The van der Waals surface area contributed by atoms with Crippen LogP contribution in [-0.2, 0) is 0 Å². The maximum atomic E-state index is 10.5. The molecule has 70 valence electrons. The van der Waals surface area contributed by atoms with Crippen molar-refractivity contribution >= 4 is 16.5 Å². The van der Waals surface area contributed by atoms with E-state index in [1.807, 2.05) is 0 Å². The second-order valence-electron chi connectivity index (χ2n) is 2.91. The van der Waals surface area contributed by atoms with Crippen molar-refractivity contribution in [3.63, 3.8) is 0 Å². The minimum atomic E-state index is -0.473. The average Bonchev–Trinajstić information content (AvgIpc) is 2.20. The molecular formula is C10H7NO3. The van der Waals surface area contributed by atoms with Gasteiger partial charge >= 0.3 is 0 Å². The van der Waals surface area contributed by atoms with Crippen LogP contribution in [0.1, 0.15) is 0 Å². The van der Waals surface area contributed by atoms with Crippen LogP contribution < -0.4 is 0 Å². The molecule has 2 aromatic carbocycles. The lowest BCUT2D eigenvalue weighted by molar-refractivity contribution is 0.406. The topological polar surface area (TPSA) is 69.9 Å². The van der Waals surface area contributed by atoms with Crippen molar-refractivity contribution in [3.05, 3.63) is 35.2 Å². The van der Waals surface area contributed by atoms with Gasteiger partial charge in [0, 0.05) is 5.39 Å². The van der Waals surface area contributed by atoms with Crippen molar-refractivity contribution in [1.82, 2.24) is 0 Å². The molecule has 0 aliphatic rings. The molecule has 14 heavy (non-hydrogen) atoms. The van der Waals surface area contributed by atoms with E-state index in [9.17, 15) is 15.1 Å². The summed E-state index contributed by atoms with van der Waals surface area (Å²) in [5.74, 6) is -0.808. The van der Waals surface area contributed by atoms with Crippen molar-refractivity contribution in [3.8, 4) is 11.5 Å². The molecule has 2 aromatic rings. The lowest BCUT2D eigenvalue weighted by Crippen LogP contribution is -1.76. The van der Waals surface area contributed by atoms with Gasteiger partial charge in [-0.15, -0.1) is 4.91 Å². The number of hydrogen-bond acceptors (Lipinski definition) is 4. The third-order valence-electron chi connectivity index (χ3n) is 2.07. The molecule has 0 saturated carbocycles. The van der Waals surface area contributed by atoms with Crippen LogP contribution >= 0.6 is 0 Å². The highest BCUT2D eigenvalue weighted by atomic mass is 16.3. The maximum Gasteiger partial charge on any atom is 0.188 e. The van der Waals surface area contributed by atoms with E-state index in [-0.39, 0.29) is 11.4 Å². The fraction of sp³-hybridized carbons (Fsp3) is 0. The Labute approximate surface area is 79.4 Å². The molecule has 0 saturated heterocycles. The van der Waals surface area contributed by atoms with Gasteiger partial charge < -0.3 is 10.2 Å². The monoisotopic (exact) mass is 189 g/mol. The molecule has 0 aliphatic heterocycles. The highest BCUT2D eigenvalue weighted by molar-refractivity contribution is 5.97. The first-order valence-electron chi connectivity index (χ1n) is 4.01. The van der Waals surface area contributed by atoms with E-state index in [0.29, 0.717) is 10.8 Å². The van der Waals surface area contributed by atoms with Crippen LogP contribution in [0.3, 0.4) is 0 Å². The van der Waals surface area contributed by atoms with Crippen LogP contribution in [0.2, 0.25) is 0 Å². The van der Waals surface area contributed by atoms with Crippen LogP contribution in [0.15, 0.2) is 35.5 Å². The summed E-state index contributed by atoms with van der Waals surface area (Å²) in [6.45, 7) is 0. The normalized spacial score (nSPS) is 10.3. The van der Waals surface area contributed by atoms with Gasteiger partial charge in [-0.3, -0.25) is 0 Å². The quantitative estimate of drug-likeness (QED) is 0.535. The number of nitrogens with zero attached hydrogens (tertiary/aromatic N) is 1. The van der Waals surface area contributed by atoms with Crippen molar-refractivity contribution in [2.75, 3.05) is 0 Å². The van der Waals surface area contributed by atoms with Crippen LogP contribution in [0.5, 0.6) is 11.5 Å². The Bertz CT molecular complexity index is 508. The van der Waals surface area contributed by atoms with Gasteiger partial charge in [0.2, 0.25) is 0 Å². The summed E-state index contributed by atoms with van der Waals surface area (Å²) in [6.07, 6.45) is 0. The predicted octanol–water partition coefficient (Wildman–Crippen LogP) is 2.65. The zero-order valence-corrected chi connectivity index (χ0v) is 7.14. The molecule has 4 nitrogen and oxygen atoms in total. The molecule has 0 atom stereocenters. The molecule has 4 heteroatoms. The van der Waals surface area contributed by atoms with Gasteiger partial charge in [-0.2, -0.15) is 0 Å². The molecule has 0 fully saturated rings. The third kappa shape index (κ3) is 1.08. The maximum absolute atomic E-state index is 10.5. The van der Waals surface area contributed by atoms with E-state index in [4.69, 9.17) is 0 Å². The van der Waals surface area contributed by atoms with Crippen molar-refractivity contribution in [2.45, 2.75) is 0 Å². The SMILES string of the molecule is O=Nc1c(O)c(O)cc2ccccc12. The van der Waals surface area contributed by atoms with E-state index in [2.05, 4.69) is 5.18 Å². The van der Waals surface area contributed by atoms with Crippen LogP contribution in [0.4, 0.5) is 5.69 Å². The Hall–Kier alpha value is -2.10. The Kier molecular flexibility index (Phi) is 1.81. The largest absolute Gasteiger partial charge is 0.504 e. The standard InChI is InChI=1S/C10H7NO3/c12-8-5-6-3-1-2-4-7(6)9(11-14)10(8)13/h1-5,12-13H. The number of hydrogen-bond donors (Lipinski definition) is 2. The molecule has 0 heterocycles.